The van der Waals surface area contributed by atoms with Crippen molar-refractivity contribution in [2.75, 3.05) is 13.1 Å². The zero-order chi connectivity index (χ0) is 19.0. The zero-order valence-corrected chi connectivity index (χ0v) is 15.3. The maximum absolute atomic E-state index is 13.3. The van der Waals surface area contributed by atoms with Gasteiger partial charge < -0.3 is 14.3 Å². The fourth-order valence-corrected chi connectivity index (χ4v) is 3.29. The second-order valence-electron chi connectivity index (χ2n) is 6.59. The average Bonchev–Trinajstić information content (AvgIpc) is 3.22. The number of aryl methyl sites for hydroxylation is 1. The summed E-state index contributed by atoms with van der Waals surface area (Å²) in [6, 6.07) is 11.9. The van der Waals surface area contributed by atoms with E-state index in [9.17, 15) is 9.18 Å². The summed E-state index contributed by atoms with van der Waals surface area (Å²) in [7, 11) is 0. The molecule has 2 heterocycles. The van der Waals surface area contributed by atoms with Crippen LogP contribution >= 0.6 is 0 Å². The van der Waals surface area contributed by atoms with E-state index < -0.39 is 0 Å². The number of rotatable bonds is 5. The lowest BCUT2D eigenvalue weighted by molar-refractivity contribution is 0.0766. The summed E-state index contributed by atoms with van der Waals surface area (Å²) in [6.07, 6.45) is 0.572. The molecule has 5 nitrogen and oxygen atoms in total. The number of carbonyl (C=O) groups excluding carboxylic acids is 1. The van der Waals surface area contributed by atoms with Crippen molar-refractivity contribution in [2.24, 2.45) is 0 Å². The third-order valence-corrected chi connectivity index (χ3v) is 4.67. The van der Waals surface area contributed by atoms with E-state index in [2.05, 4.69) is 9.97 Å². The molecule has 0 fully saturated rings. The molecule has 0 unspecified atom stereocenters. The van der Waals surface area contributed by atoms with Crippen LogP contribution in [0.3, 0.4) is 0 Å². The molecule has 0 spiro atoms. The van der Waals surface area contributed by atoms with Crippen LogP contribution in [0.2, 0.25) is 0 Å². The number of halogens is 1. The predicted molar refractivity (Wildman–Crippen MR) is 102 cm³/mol. The van der Waals surface area contributed by atoms with Crippen LogP contribution in [0.15, 0.2) is 46.9 Å². The summed E-state index contributed by atoms with van der Waals surface area (Å²) >= 11 is 0. The van der Waals surface area contributed by atoms with Crippen molar-refractivity contribution in [1.29, 1.82) is 0 Å². The number of benzene rings is 2. The molecule has 27 heavy (non-hydrogen) atoms. The molecule has 4 aromatic rings. The Bertz CT molecular complexity index is 1130. The molecule has 0 saturated carbocycles. The zero-order valence-electron chi connectivity index (χ0n) is 15.3. The van der Waals surface area contributed by atoms with Gasteiger partial charge in [-0.1, -0.05) is 0 Å². The number of nitrogens with zero attached hydrogens (tertiary/aromatic N) is 2. The molecule has 6 heteroatoms. The van der Waals surface area contributed by atoms with Gasteiger partial charge >= 0.3 is 0 Å². The van der Waals surface area contributed by atoms with Crippen molar-refractivity contribution in [2.45, 2.75) is 20.3 Å². The summed E-state index contributed by atoms with van der Waals surface area (Å²) < 4.78 is 18.9. The Morgan fingerprint density at radius 2 is 2.07 bits per heavy atom. The molecule has 0 saturated heterocycles. The fraction of sp³-hybridized carbons (Fsp3) is 0.238. The van der Waals surface area contributed by atoms with Gasteiger partial charge in [-0.05, 0) is 56.3 Å². The second kappa shape index (κ2) is 6.87. The van der Waals surface area contributed by atoms with Crippen LogP contribution in [0, 0.1) is 12.7 Å². The summed E-state index contributed by atoms with van der Waals surface area (Å²) in [5.41, 5.74) is 2.81. The lowest BCUT2D eigenvalue weighted by Gasteiger charge is -2.20. The summed E-state index contributed by atoms with van der Waals surface area (Å²) in [6.45, 7) is 4.96. The highest BCUT2D eigenvalue weighted by atomic mass is 19.1. The number of carbonyl (C=O) groups is 1. The van der Waals surface area contributed by atoms with Gasteiger partial charge in [-0.2, -0.15) is 0 Å². The number of aromatic amines is 1. The van der Waals surface area contributed by atoms with Crippen LogP contribution in [-0.4, -0.2) is 33.9 Å². The maximum Gasteiger partial charge on any atom is 0.253 e. The molecule has 0 bridgehead atoms. The first kappa shape index (κ1) is 17.3. The van der Waals surface area contributed by atoms with Gasteiger partial charge in [0, 0.05) is 30.5 Å². The van der Waals surface area contributed by atoms with E-state index in [0.29, 0.717) is 30.6 Å². The lowest BCUT2D eigenvalue weighted by Crippen LogP contribution is -2.32. The molecular formula is C21H20FN3O2. The Kier molecular flexibility index (Phi) is 4.39. The lowest BCUT2D eigenvalue weighted by atomic mass is 10.1. The first-order valence-electron chi connectivity index (χ1n) is 8.97. The van der Waals surface area contributed by atoms with Crippen LogP contribution in [0.25, 0.3) is 22.0 Å². The Balaban J connectivity index is 1.50. The minimum atomic E-state index is -0.298. The normalized spacial score (nSPS) is 11.4. The maximum atomic E-state index is 13.3. The number of imidazole rings is 1. The van der Waals surface area contributed by atoms with E-state index in [4.69, 9.17) is 4.42 Å². The Hall–Kier alpha value is -3.15. The molecule has 0 aliphatic carbocycles. The van der Waals surface area contributed by atoms with Crippen molar-refractivity contribution in [3.8, 4) is 0 Å². The SMILES string of the molecule is CCN(CCc1nc2ccc(F)cc2[nH]1)C(=O)c1ccc2oc(C)cc2c1. The molecule has 1 N–H and O–H groups in total. The largest absolute Gasteiger partial charge is 0.461 e. The molecule has 0 aliphatic heterocycles. The second-order valence-corrected chi connectivity index (χ2v) is 6.59. The minimum Gasteiger partial charge on any atom is -0.461 e. The average molecular weight is 365 g/mol. The van der Waals surface area contributed by atoms with Crippen LogP contribution in [0.1, 0.15) is 28.9 Å². The smallest absolute Gasteiger partial charge is 0.253 e. The van der Waals surface area contributed by atoms with Crippen molar-refractivity contribution < 1.29 is 13.6 Å². The Labute approximate surface area is 155 Å². The van der Waals surface area contributed by atoms with E-state index >= 15 is 0 Å². The Morgan fingerprint density at radius 1 is 1.22 bits per heavy atom. The van der Waals surface area contributed by atoms with E-state index in [1.807, 2.05) is 32.0 Å². The van der Waals surface area contributed by atoms with Crippen LogP contribution in [-0.2, 0) is 6.42 Å². The van der Waals surface area contributed by atoms with Crippen molar-refractivity contribution >= 4 is 27.9 Å². The molecule has 4 rings (SSSR count). The van der Waals surface area contributed by atoms with Gasteiger partial charge in [0.2, 0.25) is 0 Å². The highest BCUT2D eigenvalue weighted by Gasteiger charge is 2.16. The highest BCUT2D eigenvalue weighted by molar-refractivity contribution is 5.97. The van der Waals surface area contributed by atoms with Gasteiger partial charge in [0.15, 0.2) is 0 Å². The number of nitrogens with one attached hydrogen (secondary N) is 1. The minimum absolute atomic E-state index is 0.0274. The van der Waals surface area contributed by atoms with E-state index in [0.717, 1.165) is 28.1 Å². The molecule has 2 aromatic heterocycles. The van der Waals surface area contributed by atoms with Gasteiger partial charge in [-0.15, -0.1) is 0 Å². The summed E-state index contributed by atoms with van der Waals surface area (Å²) in [5, 5.41) is 0.925. The van der Waals surface area contributed by atoms with Gasteiger partial charge in [0.25, 0.3) is 5.91 Å². The summed E-state index contributed by atoms with van der Waals surface area (Å²) in [5.74, 6) is 1.24. The summed E-state index contributed by atoms with van der Waals surface area (Å²) in [4.78, 5) is 22.2. The molecule has 1 amide bonds. The van der Waals surface area contributed by atoms with E-state index in [-0.39, 0.29) is 11.7 Å². The molecule has 0 radical (unpaired) electrons. The highest BCUT2D eigenvalue weighted by Crippen LogP contribution is 2.21. The first-order valence-corrected chi connectivity index (χ1v) is 8.97. The monoisotopic (exact) mass is 365 g/mol. The first-order chi connectivity index (χ1) is 13.0. The number of aromatic nitrogens is 2. The van der Waals surface area contributed by atoms with Crippen molar-refractivity contribution in [3.63, 3.8) is 0 Å². The number of likely N-dealkylation sites (N-methyl/N-ethyl adjacent to an activating group) is 1. The van der Waals surface area contributed by atoms with E-state index in [1.165, 1.54) is 12.1 Å². The molecule has 0 atom stereocenters. The van der Waals surface area contributed by atoms with Gasteiger partial charge in [-0.25, -0.2) is 9.37 Å². The van der Waals surface area contributed by atoms with Gasteiger partial charge in [0.1, 0.15) is 23.0 Å². The quantitative estimate of drug-likeness (QED) is 0.568. The number of fused-ring (bicyclic) bond motifs is 2. The number of H-pyrrole nitrogens is 1. The standard InChI is InChI=1S/C21H20FN3O2/c1-3-25(9-8-20-23-17-6-5-16(22)12-18(17)24-20)21(26)14-4-7-19-15(11-14)10-13(2)27-19/h4-7,10-12H,3,8-9H2,1-2H3,(H,23,24). The van der Waals surface area contributed by atoms with Crippen LogP contribution in [0.4, 0.5) is 4.39 Å². The third kappa shape index (κ3) is 3.43. The molecule has 0 aliphatic rings. The number of furan rings is 1. The topological polar surface area (TPSA) is 62.1 Å². The number of hydrogen-bond acceptors (Lipinski definition) is 3. The number of hydrogen-bond donors (Lipinski definition) is 1. The van der Waals surface area contributed by atoms with Crippen molar-refractivity contribution in [3.05, 3.63) is 65.4 Å². The van der Waals surface area contributed by atoms with Gasteiger partial charge in [-0.3, -0.25) is 4.79 Å². The number of amides is 1. The van der Waals surface area contributed by atoms with E-state index in [1.54, 1.807) is 17.0 Å². The predicted octanol–water partition coefficient (Wildman–Crippen LogP) is 4.46. The Morgan fingerprint density at radius 3 is 2.89 bits per heavy atom. The third-order valence-electron chi connectivity index (χ3n) is 4.67. The van der Waals surface area contributed by atoms with Crippen molar-refractivity contribution in [1.82, 2.24) is 14.9 Å². The van der Waals surface area contributed by atoms with Crippen LogP contribution < -0.4 is 0 Å². The molecule has 138 valence electrons. The fourth-order valence-electron chi connectivity index (χ4n) is 3.29. The van der Waals surface area contributed by atoms with Gasteiger partial charge in [0.05, 0.1) is 11.0 Å². The molecular weight excluding hydrogens is 345 g/mol. The van der Waals surface area contributed by atoms with Crippen LogP contribution in [0.5, 0.6) is 0 Å². The molecule has 2 aromatic carbocycles.